The number of aromatic nitrogens is 2. The van der Waals surface area contributed by atoms with Crippen molar-refractivity contribution in [3.05, 3.63) is 38.9 Å². The highest BCUT2D eigenvalue weighted by atomic mass is 79.9. The van der Waals surface area contributed by atoms with E-state index >= 15 is 0 Å². The van der Waals surface area contributed by atoms with Crippen molar-refractivity contribution in [2.45, 2.75) is 9.92 Å². The first-order valence-corrected chi connectivity index (χ1v) is 6.84. The molecule has 0 unspecified atom stereocenters. The molecule has 0 bridgehead atoms. The van der Waals surface area contributed by atoms with E-state index < -0.39 is 0 Å². The highest BCUT2D eigenvalue weighted by molar-refractivity contribution is 9.10. The van der Waals surface area contributed by atoms with Crippen molar-refractivity contribution < 1.29 is 0 Å². The molecule has 2 aromatic rings. The molecule has 0 radical (unpaired) electrons. The van der Waals surface area contributed by atoms with Gasteiger partial charge in [0.05, 0.1) is 9.50 Å². The van der Waals surface area contributed by atoms with Crippen LogP contribution in [0.3, 0.4) is 0 Å². The number of rotatable bonds is 2. The van der Waals surface area contributed by atoms with Gasteiger partial charge < -0.3 is 5.73 Å². The fraction of sp³-hybridized carbons (Fsp3) is 0. The second-order valence-corrected chi connectivity index (χ2v) is 5.79. The Labute approximate surface area is 121 Å². The van der Waals surface area contributed by atoms with E-state index in [1.165, 1.54) is 11.8 Å². The zero-order chi connectivity index (χ0) is 12.4. The standard InChI is InChI=1S/C10H6BrCl2N3S/c11-6-4-15-10(14)16-9(6)17-8-3-5(12)1-2-7(8)13/h1-4H,(H2,14,15,16). The summed E-state index contributed by atoms with van der Waals surface area (Å²) in [6, 6.07) is 5.25. The number of halogens is 3. The Kier molecular flexibility index (Phi) is 4.14. The molecule has 1 aromatic carbocycles. The maximum atomic E-state index is 6.07. The summed E-state index contributed by atoms with van der Waals surface area (Å²) in [5, 5.41) is 1.93. The number of nitrogens with zero attached hydrogens (tertiary/aromatic N) is 2. The maximum absolute atomic E-state index is 6.07. The first kappa shape index (κ1) is 13.0. The van der Waals surface area contributed by atoms with E-state index in [-0.39, 0.29) is 5.95 Å². The summed E-state index contributed by atoms with van der Waals surface area (Å²) in [4.78, 5) is 8.81. The maximum Gasteiger partial charge on any atom is 0.221 e. The summed E-state index contributed by atoms with van der Waals surface area (Å²) < 4.78 is 0.757. The molecular formula is C10H6BrCl2N3S. The van der Waals surface area contributed by atoms with E-state index in [0.717, 1.165) is 9.37 Å². The number of hydrogen-bond donors (Lipinski definition) is 1. The van der Waals surface area contributed by atoms with E-state index in [9.17, 15) is 0 Å². The first-order chi connectivity index (χ1) is 8.06. The van der Waals surface area contributed by atoms with E-state index in [1.54, 1.807) is 24.4 Å². The molecule has 88 valence electrons. The lowest BCUT2D eigenvalue weighted by molar-refractivity contribution is 1.04. The Morgan fingerprint density at radius 3 is 2.82 bits per heavy atom. The summed E-state index contributed by atoms with van der Waals surface area (Å²) in [6.45, 7) is 0. The predicted molar refractivity (Wildman–Crippen MR) is 74.7 cm³/mol. The van der Waals surface area contributed by atoms with E-state index in [0.29, 0.717) is 15.1 Å². The molecule has 0 saturated carbocycles. The predicted octanol–water partition coefficient (Wildman–Crippen LogP) is 4.28. The van der Waals surface area contributed by atoms with Gasteiger partial charge in [-0.15, -0.1) is 0 Å². The molecule has 0 amide bonds. The molecular weight excluding hydrogens is 345 g/mol. The van der Waals surface area contributed by atoms with Gasteiger partial charge in [0.1, 0.15) is 5.03 Å². The molecule has 0 fully saturated rings. The number of benzene rings is 1. The fourth-order valence-corrected chi connectivity index (χ4v) is 2.85. The van der Waals surface area contributed by atoms with Crippen LogP contribution in [-0.4, -0.2) is 9.97 Å². The van der Waals surface area contributed by atoms with Crippen molar-refractivity contribution in [3.8, 4) is 0 Å². The van der Waals surface area contributed by atoms with Gasteiger partial charge in [-0.25, -0.2) is 9.97 Å². The molecule has 0 spiro atoms. The van der Waals surface area contributed by atoms with Gasteiger partial charge in [0, 0.05) is 16.1 Å². The zero-order valence-corrected chi connectivity index (χ0v) is 12.2. The van der Waals surface area contributed by atoms with Crippen molar-refractivity contribution in [1.82, 2.24) is 9.97 Å². The summed E-state index contributed by atoms with van der Waals surface area (Å²) in [7, 11) is 0. The molecule has 3 nitrogen and oxygen atoms in total. The molecule has 0 aliphatic carbocycles. The van der Waals surface area contributed by atoms with Crippen molar-refractivity contribution in [3.63, 3.8) is 0 Å². The summed E-state index contributed by atoms with van der Waals surface area (Å²) in [5.74, 6) is 0.217. The summed E-state index contributed by atoms with van der Waals surface area (Å²) >= 11 is 16.7. The third kappa shape index (κ3) is 3.25. The largest absolute Gasteiger partial charge is 0.368 e. The number of nitrogens with two attached hydrogens (primary N) is 1. The SMILES string of the molecule is Nc1ncc(Br)c(Sc2cc(Cl)ccc2Cl)n1. The number of nitrogen functional groups attached to an aromatic ring is 1. The lowest BCUT2D eigenvalue weighted by atomic mass is 10.4. The summed E-state index contributed by atoms with van der Waals surface area (Å²) in [6.07, 6.45) is 1.60. The normalized spacial score (nSPS) is 10.5. The lowest BCUT2D eigenvalue weighted by Gasteiger charge is -2.06. The Balaban J connectivity index is 2.37. The van der Waals surface area contributed by atoms with Gasteiger partial charge in [0.2, 0.25) is 5.95 Å². The van der Waals surface area contributed by atoms with Crippen LogP contribution < -0.4 is 5.73 Å². The van der Waals surface area contributed by atoms with Crippen molar-refractivity contribution in [2.75, 3.05) is 5.73 Å². The van der Waals surface area contributed by atoms with Crippen LogP contribution in [0.15, 0.2) is 38.8 Å². The molecule has 1 aromatic heterocycles. The average Bonchev–Trinajstić information content (AvgIpc) is 2.28. The van der Waals surface area contributed by atoms with Crippen molar-refractivity contribution in [1.29, 1.82) is 0 Å². The topological polar surface area (TPSA) is 51.8 Å². The Morgan fingerprint density at radius 2 is 2.06 bits per heavy atom. The molecule has 2 rings (SSSR count). The van der Waals surface area contributed by atoms with Crippen LogP contribution in [0.5, 0.6) is 0 Å². The zero-order valence-electron chi connectivity index (χ0n) is 8.32. The van der Waals surface area contributed by atoms with Crippen LogP contribution in [0, 0.1) is 0 Å². The Hall–Kier alpha value is -0.490. The van der Waals surface area contributed by atoms with Gasteiger partial charge in [-0.3, -0.25) is 0 Å². The van der Waals surface area contributed by atoms with Crippen molar-refractivity contribution >= 4 is 56.8 Å². The van der Waals surface area contributed by atoms with Gasteiger partial charge in [0.25, 0.3) is 0 Å². The third-order valence-electron chi connectivity index (χ3n) is 1.83. The van der Waals surface area contributed by atoms with Crippen LogP contribution in [-0.2, 0) is 0 Å². The lowest BCUT2D eigenvalue weighted by Crippen LogP contribution is -1.95. The molecule has 17 heavy (non-hydrogen) atoms. The van der Waals surface area contributed by atoms with Crippen LogP contribution in [0.25, 0.3) is 0 Å². The number of hydrogen-bond acceptors (Lipinski definition) is 4. The average molecular weight is 351 g/mol. The van der Waals surface area contributed by atoms with Crippen LogP contribution in [0.2, 0.25) is 10.0 Å². The molecule has 0 atom stereocenters. The van der Waals surface area contributed by atoms with E-state index in [4.69, 9.17) is 28.9 Å². The highest BCUT2D eigenvalue weighted by Crippen LogP contribution is 2.37. The minimum atomic E-state index is 0.217. The Bertz CT molecular complexity index is 516. The minimum absolute atomic E-state index is 0.217. The molecule has 0 saturated heterocycles. The fourth-order valence-electron chi connectivity index (χ4n) is 1.10. The van der Waals surface area contributed by atoms with Crippen LogP contribution in [0.1, 0.15) is 0 Å². The van der Waals surface area contributed by atoms with E-state index in [1.807, 2.05) is 0 Å². The smallest absolute Gasteiger partial charge is 0.221 e. The second kappa shape index (κ2) is 5.44. The van der Waals surface area contributed by atoms with Gasteiger partial charge in [0.15, 0.2) is 0 Å². The van der Waals surface area contributed by atoms with Gasteiger partial charge >= 0.3 is 0 Å². The van der Waals surface area contributed by atoms with Crippen LogP contribution in [0.4, 0.5) is 5.95 Å². The van der Waals surface area contributed by atoms with Gasteiger partial charge in [-0.05, 0) is 34.1 Å². The number of anilines is 1. The van der Waals surface area contributed by atoms with E-state index in [2.05, 4.69) is 25.9 Å². The molecule has 1 heterocycles. The third-order valence-corrected chi connectivity index (χ3v) is 4.41. The molecule has 2 N–H and O–H groups in total. The van der Waals surface area contributed by atoms with Crippen molar-refractivity contribution in [2.24, 2.45) is 0 Å². The van der Waals surface area contributed by atoms with Gasteiger partial charge in [-0.1, -0.05) is 35.0 Å². The quantitative estimate of drug-likeness (QED) is 0.821. The summed E-state index contributed by atoms with van der Waals surface area (Å²) in [5.41, 5.74) is 5.53. The Morgan fingerprint density at radius 1 is 1.29 bits per heavy atom. The van der Waals surface area contributed by atoms with Gasteiger partial charge in [-0.2, -0.15) is 0 Å². The van der Waals surface area contributed by atoms with Crippen LogP contribution >= 0.6 is 50.9 Å². The first-order valence-electron chi connectivity index (χ1n) is 4.47. The second-order valence-electron chi connectivity index (χ2n) is 3.06. The molecule has 0 aliphatic heterocycles. The monoisotopic (exact) mass is 349 g/mol. The molecule has 7 heteroatoms. The highest BCUT2D eigenvalue weighted by Gasteiger charge is 2.09. The minimum Gasteiger partial charge on any atom is -0.368 e. The molecule has 0 aliphatic rings.